The first-order valence-corrected chi connectivity index (χ1v) is 8.00. The summed E-state index contributed by atoms with van der Waals surface area (Å²) in [6.45, 7) is 13.1. The highest BCUT2D eigenvalue weighted by Gasteiger charge is 2.11. The first-order valence-electron chi connectivity index (χ1n) is 8.00. The van der Waals surface area contributed by atoms with Gasteiger partial charge < -0.3 is 10.1 Å². The molecule has 0 radical (unpaired) electrons. The average molecular weight is 277 g/mol. The molecule has 2 nitrogen and oxygen atoms in total. The zero-order valence-electron chi connectivity index (χ0n) is 14.0. The second-order valence-electron chi connectivity index (χ2n) is 6.14. The minimum absolute atomic E-state index is 0.224. The Hall–Kier alpha value is -1.18. The van der Waals surface area contributed by atoms with E-state index in [-0.39, 0.29) is 6.10 Å². The number of anilines is 1. The quantitative estimate of drug-likeness (QED) is 0.686. The maximum absolute atomic E-state index is 5.74. The van der Waals surface area contributed by atoms with Crippen molar-refractivity contribution in [2.24, 2.45) is 5.92 Å². The number of hydrogen-bond acceptors (Lipinski definition) is 2. The number of nitrogens with one attached hydrogen (secondary N) is 1. The van der Waals surface area contributed by atoms with Gasteiger partial charge >= 0.3 is 0 Å². The summed E-state index contributed by atoms with van der Waals surface area (Å²) >= 11 is 0. The van der Waals surface area contributed by atoms with Gasteiger partial charge in [0.15, 0.2) is 0 Å². The van der Waals surface area contributed by atoms with Crippen molar-refractivity contribution < 1.29 is 4.74 Å². The molecule has 2 heteroatoms. The molecule has 0 bridgehead atoms. The van der Waals surface area contributed by atoms with E-state index in [2.05, 4.69) is 65.1 Å². The van der Waals surface area contributed by atoms with Gasteiger partial charge in [0.25, 0.3) is 0 Å². The number of ether oxygens (including phenoxy) is 1. The predicted octanol–water partition coefficient (Wildman–Crippen LogP) is 5.41. The zero-order valence-corrected chi connectivity index (χ0v) is 14.0. The SMILES string of the molecule is CCC(C)CC(CC)Nc1ccc(OC(C)C)cc1C. The van der Waals surface area contributed by atoms with Crippen molar-refractivity contribution in [1.29, 1.82) is 0 Å². The Bertz CT molecular complexity index is 400. The van der Waals surface area contributed by atoms with Gasteiger partial charge in [-0.3, -0.25) is 0 Å². The van der Waals surface area contributed by atoms with Gasteiger partial charge in [0, 0.05) is 11.7 Å². The second kappa shape index (κ2) is 8.18. The normalized spacial score (nSPS) is 14.2. The molecule has 0 aliphatic carbocycles. The molecule has 0 fully saturated rings. The monoisotopic (exact) mass is 277 g/mol. The molecule has 2 atom stereocenters. The molecule has 0 aliphatic heterocycles. The van der Waals surface area contributed by atoms with E-state index in [1.807, 2.05) is 0 Å². The predicted molar refractivity (Wildman–Crippen MR) is 88.7 cm³/mol. The van der Waals surface area contributed by atoms with Crippen LogP contribution in [0.25, 0.3) is 0 Å². The van der Waals surface area contributed by atoms with Gasteiger partial charge in [0.1, 0.15) is 5.75 Å². The lowest BCUT2D eigenvalue weighted by molar-refractivity contribution is 0.242. The number of rotatable bonds is 8. The highest BCUT2D eigenvalue weighted by atomic mass is 16.5. The number of hydrogen-bond donors (Lipinski definition) is 1. The van der Waals surface area contributed by atoms with E-state index >= 15 is 0 Å². The summed E-state index contributed by atoms with van der Waals surface area (Å²) in [6, 6.07) is 6.89. The van der Waals surface area contributed by atoms with E-state index in [9.17, 15) is 0 Å². The third-order valence-electron chi connectivity index (χ3n) is 3.81. The van der Waals surface area contributed by atoms with Crippen molar-refractivity contribution in [3.05, 3.63) is 23.8 Å². The summed E-state index contributed by atoms with van der Waals surface area (Å²) in [5.41, 5.74) is 2.49. The van der Waals surface area contributed by atoms with Crippen molar-refractivity contribution in [1.82, 2.24) is 0 Å². The second-order valence-corrected chi connectivity index (χ2v) is 6.14. The minimum atomic E-state index is 0.224. The Morgan fingerprint density at radius 2 is 1.80 bits per heavy atom. The first-order chi connectivity index (χ1) is 9.46. The summed E-state index contributed by atoms with van der Waals surface area (Å²) in [5, 5.41) is 3.69. The summed E-state index contributed by atoms with van der Waals surface area (Å²) in [7, 11) is 0. The Balaban J connectivity index is 2.71. The van der Waals surface area contributed by atoms with E-state index in [1.165, 1.54) is 24.1 Å². The molecule has 0 heterocycles. The van der Waals surface area contributed by atoms with Crippen LogP contribution in [0.2, 0.25) is 0 Å². The topological polar surface area (TPSA) is 21.3 Å². The van der Waals surface area contributed by atoms with Gasteiger partial charge in [-0.2, -0.15) is 0 Å². The van der Waals surface area contributed by atoms with E-state index < -0.39 is 0 Å². The largest absolute Gasteiger partial charge is 0.491 e. The molecule has 0 spiro atoms. The van der Waals surface area contributed by atoms with Crippen molar-refractivity contribution in [3.63, 3.8) is 0 Å². The van der Waals surface area contributed by atoms with Crippen LogP contribution in [0.4, 0.5) is 5.69 Å². The van der Waals surface area contributed by atoms with Gasteiger partial charge in [0.05, 0.1) is 6.10 Å². The van der Waals surface area contributed by atoms with Gasteiger partial charge in [-0.05, 0) is 63.3 Å². The molecule has 2 unspecified atom stereocenters. The molecule has 114 valence electrons. The standard InChI is InChI=1S/C18H31NO/c1-7-14(5)11-16(8-2)19-18-10-9-17(12-15(18)6)20-13(3)4/h9-10,12-14,16,19H,7-8,11H2,1-6H3. The van der Waals surface area contributed by atoms with Crippen LogP contribution in [0, 0.1) is 12.8 Å². The van der Waals surface area contributed by atoms with Crippen molar-refractivity contribution >= 4 is 5.69 Å². The summed E-state index contributed by atoms with van der Waals surface area (Å²) in [5.74, 6) is 1.73. The maximum atomic E-state index is 5.74. The smallest absolute Gasteiger partial charge is 0.120 e. The minimum Gasteiger partial charge on any atom is -0.491 e. The molecule has 0 aliphatic rings. The summed E-state index contributed by atoms with van der Waals surface area (Å²) in [4.78, 5) is 0. The summed E-state index contributed by atoms with van der Waals surface area (Å²) in [6.07, 6.45) is 3.87. The molecular weight excluding hydrogens is 246 g/mol. The van der Waals surface area contributed by atoms with Crippen molar-refractivity contribution in [3.8, 4) is 5.75 Å². The van der Waals surface area contributed by atoms with Gasteiger partial charge in [0.2, 0.25) is 0 Å². The molecule has 0 saturated carbocycles. The third kappa shape index (κ3) is 5.44. The molecule has 1 rings (SSSR count). The highest BCUT2D eigenvalue weighted by Crippen LogP contribution is 2.24. The molecular formula is C18H31NO. The highest BCUT2D eigenvalue weighted by molar-refractivity contribution is 5.54. The van der Waals surface area contributed by atoms with Gasteiger partial charge in [-0.1, -0.05) is 27.2 Å². The van der Waals surface area contributed by atoms with E-state index in [0.29, 0.717) is 6.04 Å². The van der Waals surface area contributed by atoms with Crippen LogP contribution in [0.3, 0.4) is 0 Å². The molecule has 0 amide bonds. The molecule has 1 N–H and O–H groups in total. The number of benzene rings is 1. The molecule has 0 saturated heterocycles. The van der Waals surface area contributed by atoms with Crippen LogP contribution < -0.4 is 10.1 Å². The molecule has 20 heavy (non-hydrogen) atoms. The van der Waals surface area contributed by atoms with Crippen LogP contribution in [-0.4, -0.2) is 12.1 Å². The Labute approximate surface area is 124 Å². The van der Waals surface area contributed by atoms with E-state index in [1.54, 1.807) is 0 Å². The van der Waals surface area contributed by atoms with Crippen LogP contribution in [0.1, 0.15) is 59.4 Å². The molecule has 1 aromatic carbocycles. The zero-order chi connectivity index (χ0) is 15.1. The maximum Gasteiger partial charge on any atom is 0.120 e. The third-order valence-corrected chi connectivity index (χ3v) is 3.81. The summed E-state index contributed by atoms with van der Waals surface area (Å²) < 4.78 is 5.74. The van der Waals surface area contributed by atoms with E-state index in [4.69, 9.17) is 4.74 Å². The van der Waals surface area contributed by atoms with Crippen LogP contribution in [0.15, 0.2) is 18.2 Å². The Kier molecular flexibility index (Phi) is 6.90. The molecule has 0 aromatic heterocycles. The van der Waals surface area contributed by atoms with Crippen molar-refractivity contribution in [2.75, 3.05) is 5.32 Å². The van der Waals surface area contributed by atoms with Gasteiger partial charge in [-0.25, -0.2) is 0 Å². The first kappa shape index (κ1) is 16.9. The fourth-order valence-electron chi connectivity index (χ4n) is 2.34. The lowest BCUT2D eigenvalue weighted by Crippen LogP contribution is -2.21. The Morgan fingerprint density at radius 3 is 2.30 bits per heavy atom. The molecule has 1 aromatic rings. The van der Waals surface area contributed by atoms with E-state index in [0.717, 1.165) is 18.1 Å². The lowest BCUT2D eigenvalue weighted by Gasteiger charge is -2.23. The fourth-order valence-corrected chi connectivity index (χ4v) is 2.34. The van der Waals surface area contributed by atoms with Crippen LogP contribution in [0.5, 0.6) is 5.75 Å². The average Bonchev–Trinajstić information content (AvgIpc) is 2.39. The fraction of sp³-hybridized carbons (Fsp3) is 0.667. The van der Waals surface area contributed by atoms with Crippen LogP contribution >= 0.6 is 0 Å². The van der Waals surface area contributed by atoms with Gasteiger partial charge in [-0.15, -0.1) is 0 Å². The Morgan fingerprint density at radius 1 is 1.10 bits per heavy atom. The lowest BCUT2D eigenvalue weighted by atomic mass is 9.97. The van der Waals surface area contributed by atoms with Crippen LogP contribution in [-0.2, 0) is 0 Å². The number of aryl methyl sites for hydroxylation is 1. The van der Waals surface area contributed by atoms with Crippen molar-refractivity contribution in [2.45, 2.75) is 73.0 Å².